The zero-order chi connectivity index (χ0) is 12.7. The number of likely N-dealkylation sites (N-methyl/N-ethyl adjacent to an activating group) is 1. The van der Waals surface area contributed by atoms with E-state index in [1.54, 1.807) is 37.5 Å². The van der Waals surface area contributed by atoms with E-state index < -0.39 is 11.8 Å². The first-order valence-corrected chi connectivity index (χ1v) is 5.07. The van der Waals surface area contributed by atoms with Crippen LogP contribution in [0.15, 0.2) is 24.5 Å². The molecule has 0 bridgehead atoms. The summed E-state index contributed by atoms with van der Waals surface area (Å²) in [6.07, 6.45) is 3.08. The number of aromatic nitrogens is 1. The summed E-state index contributed by atoms with van der Waals surface area (Å²) in [4.78, 5) is 28.3. The minimum absolute atomic E-state index is 0.182. The van der Waals surface area contributed by atoms with Crippen molar-refractivity contribution in [2.24, 2.45) is 0 Å². The third kappa shape index (κ3) is 3.28. The topological polar surface area (TPSA) is 86.1 Å². The number of hydrogen-bond acceptors (Lipinski definition) is 4. The van der Waals surface area contributed by atoms with Crippen LogP contribution >= 0.6 is 0 Å². The maximum absolute atomic E-state index is 11.8. The van der Waals surface area contributed by atoms with Crippen molar-refractivity contribution < 1.29 is 9.59 Å². The quantitative estimate of drug-likeness (QED) is 0.590. The van der Waals surface area contributed by atoms with E-state index in [9.17, 15) is 9.59 Å². The smallest absolute Gasteiger partial charge is 0.316 e. The van der Waals surface area contributed by atoms with Crippen LogP contribution in [0.25, 0.3) is 0 Å². The van der Waals surface area contributed by atoms with Crippen LogP contribution in [0, 0.1) is 11.3 Å². The molecule has 6 heteroatoms. The molecule has 1 N–H and O–H groups in total. The van der Waals surface area contributed by atoms with Gasteiger partial charge in [0.15, 0.2) is 0 Å². The first kappa shape index (κ1) is 12.6. The maximum Gasteiger partial charge on any atom is 0.316 e. The zero-order valence-electron chi connectivity index (χ0n) is 9.38. The van der Waals surface area contributed by atoms with Crippen LogP contribution < -0.4 is 10.2 Å². The van der Waals surface area contributed by atoms with Crippen molar-refractivity contribution in [2.45, 2.75) is 6.92 Å². The fourth-order valence-electron chi connectivity index (χ4n) is 1.29. The third-order valence-corrected chi connectivity index (χ3v) is 2.06. The minimum atomic E-state index is -0.787. The van der Waals surface area contributed by atoms with E-state index in [-0.39, 0.29) is 6.54 Å². The summed E-state index contributed by atoms with van der Waals surface area (Å²) in [5.74, 6) is -1.47. The number of carbonyl (C=O) groups excluding carboxylic acids is 2. The van der Waals surface area contributed by atoms with Gasteiger partial charge in [-0.3, -0.25) is 14.6 Å². The highest BCUT2D eigenvalue weighted by Gasteiger charge is 2.21. The number of pyridine rings is 1. The standard InChI is InChI=1S/C11H12N4O2/c1-2-15(9-3-6-13-7-4-9)11(17)10(16)14-8-5-12/h3-4,6-7H,2,8H2,1H3,(H,14,16). The molecule has 1 aromatic heterocycles. The van der Waals surface area contributed by atoms with Crippen LogP contribution in [0.2, 0.25) is 0 Å². The van der Waals surface area contributed by atoms with Gasteiger partial charge in [0.2, 0.25) is 0 Å². The Bertz CT molecular complexity index is 439. The minimum Gasteiger partial charge on any atom is -0.335 e. The van der Waals surface area contributed by atoms with E-state index in [1.807, 2.05) is 0 Å². The summed E-state index contributed by atoms with van der Waals surface area (Å²) in [5.41, 5.74) is 0.597. The van der Waals surface area contributed by atoms with Crippen molar-refractivity contribution in [2.75, 3.05) is 18.0 Å². The summed E-state index contributed by atoms with van der Waals surface area (Å²) < 4.78 is 0. The molecule has 2 amide bonds. The monoisotopic (exact) mass is 232 g/mol. The fraction of sp³-hybridized carbons (Fsp3) is 0.273. The Hall–Kier alpha value is -2.42. The molecule has 1 rings (SSSR count). The maximum atomic E-state index is 11.8. The van der Waals surface area contributed by atoms with Gasteiger partial charge in [0, 0.05) is 24.6 Å². The zero-order valence-corrected chi connectivity index (χ0v) is 9.38. The Morgan fingerprint density at radius 1 is 1.47 bits per heavy atom. The molecule has 88 valence electrons. The molecule has 0 saturated carbocycles. The second-order valence-electron chi connectivity index (χ2n) is 3.10. The molecule has 1 heterocycles. The number of anilines is 1. The molecule has 0 radical (unpaired) electrons. The summed E-state index contributed by atoms with van der Waals surface area (Å²) in [5, 5.41) is 10.5. The largest absolute Gasteiger partial charge is 0.335 e. The van der Waals surface area contributed by atoms with E-state index in [0.29, 0.717) is 12.2 Å². The molecule has 0 aromatic carbocycles. The average molecular weight is 232 g/mol. The molecule has 0 fully saturated rings. The Labute approximate surface area is 98.9 Å². The second-order valence-corrected chi connectivity index (χ2v) is 3.10. The lowest BCUT2D eigenvalue weighted by Gasteiger charge is -2.19. The molecule has 6 nitrogen and oxygen atoms in total. The van der Waals surface area contributed by atoms with Gasteiger partial charge in [-0.1, -0.05) is 0 Å². The van der Waals surface area contributed by atoms with Crippen LogP contribution in [0.1, 0.15) is 6.92 Å². The van der Waals surface area contributed by atoms with Gasteiger partial charge in [-0.2, -0.15) is 5.26 Å². The van der Waals surface area contributed by atoms with Crippen LogP contribution in [0.5, 0.6) is 0 Å². The van der Waals surface area contributed by atoms with Crippen molar-refractivity contribution >= 4 is 17.5 Å². The van der Waals surface area contributed by atoms with Gasteiger partial charge in [-0.15, -0.1) is 0 Å². The van der Waals surface area contributed by atoms with E-state index in [0.717, 1.165) is 0 Å². The number of amides is 2. The van der Waals surface area contributed by atoms with E-state index >= 15 is 0 Å². The number of carbonyl (C=O) groups is 2. The number of rotatable bonds is 3. The van der Waals surface area contributed by atoms with Crippen LogP contribution in [0.3, 0.4) is 0 Å². The van der Waals surface area contributed by atoms with Gasteiger partial charge in [-0.25, -0.2) is 0 Å². The molecule has 0 aliphatic heterocycles. The van der Waals surface area contributed by atoms with Crippen molar-refractivity contribution in [3.63, 3.8) is 0 Å². The molecule has 1 aromatic rings. The van der Waals surface area contributed by atoms with Crippen LogP contribution in [-0.4, -0.2) is 29.9 Å². The van der Waals surface area contributed by atoms with Crippen molar-refractivity contribution in [3.8, 4) is 6.07 Å². The highest BCUT2D eigenvalue weighted by Crippen LogP contribution is 2.11. The lowest BCUT2D eigenvalue weighted by atomic mass is 10.3. The third-order valence-electron chi connectivity index (χ3n) is 2.06. The second kappa shape index (κ2) is 6.23. The molecule has 0 spiro atoms. The number of nitrogens with zero attached hydrogens (tertiary/aromatic N) is 3. The van der Waals surface area contributed by atoms with Crippen molar-refractivity contribution in [1.29, 1.82) is 5.26 Å². The molecule has 0 unspecified atom stereocenters. The Morgan fingerprint density at radius 3 is 2.65 bits per heavy atom. The lowest BCUT2D eigenvalue weighted by molar-refractivity contribution is -0.137. The van der Waals surface area contributed by atoms with E-state index in [2.05, 4.69) is 10.3 Å². The number of nitrogens with one attached hydrogen (secondary N) is 1. The molecule has 0 aliphatic carbocycles. The molecule has 0 aliphatic rings. The molecule has 0 atom stereocenters. The van der Waals surface area contributed by atoms with Crippen LogP contribution in [0.4, 0.5) is 5.69 Å². The molecule has 0 saturated heterocycles. The van der Waals surface area contributed by atoms with E-state index in [4.69, 9.17) is 5.26 Å². The van der Waals surface area contributed by atoms with Gasteiger partial charge >= 0.3 is 11.8 Å². The highest BCUT2D eigenvalue weighted by atomic mass is 16.2. The lowest BCUT2D eigenvalue weighted by Crippen LogP contribution is -2.43. The number of nitriles is 1. The summed E-state index contributed by atoms with van der Waals surface area (Å²) in [6, 6.07) is 5.01. The van der Waals surface area contributed by atoms with Gasteiger partial charge in [-0.05, 0) is 19.1 Å². The fourth-order valence-corrected chi connectivity index (χ4v) is 1.29. The Kier molecular flexibility index (Phi) is 4.63. The first-order chi connectivity index (χ1) is 8.20. The van der Waals surface area contributed by atoms with Gasteiger partial charge < -0.3 is 10.2 Å². The normalized spacial score (nSPS) is 9.18. The van der Waals surface area contributed by atoms with Crippen LogP contribution in [-0.2, 0) is 9.59 Å². The predicted octanol–water partition coefficient (Wildman–Crippen LogP) is 0.0743. The number of hydrogen-bond donors (Lipinski definition) is 1. The Balaban J connectivity index is 2.79. The highest BCUT2D eigenvalue weighted by molar-refractivity contribution is 6.40. The molecule has 17 heavy (non-hydrogen) atoms. The van der Waals surface area contributed by atoms with Gasteiger partial charge in [0.1, 0.15) is 6.54 Å². The molecular weight excluding hydrogens is 220 g/mol. The van der Waals surface area contributed by atoms with Crippen molar-refractivity contribution in [1.82, 2.24) is 10.3 Å². The molecular formula is C11H12N4O2. The Morgan fingerprint density at radius 2 is 2.12 bits per heavy atom. The first-order valence-electron chi connectivity index (χ1n) is 5.07. The van der Waals surface area contributed by atoms with Crippen molar-refractivity contribution in [3.05, 3.63) is 24.5 Å². The van der Waals surface area contributed by atoms with E-state index in [1.165, 1.54) is 4.90 Å². The predicted molar refractivity (Wildman–Crippen MR) is 60.9 cm³/mol. The summed E-state index contributed by atoms with van der Waals surface area (Å²) >= 11 is 0. The summed E-state index contributed by atoms with van der Waals surface area (Å²) in [7, 11) is 0. The van der Waals surface area contributed by atoms with Gasteiger partial charge in [0.05, 0.1) is 6.07 Å². The summed E-state index contributed by atoms with van der Waals surface area (Å²) in [6.45, 7) is 1.94. The van der Waals surface area contributed by atoms with Gasteiger partial charge in [0.25, 0.3) is 0 Å². The SMILES string of the molecule is CCN(C(=O)C(=O)NCC#N)c1ccncc1. The average Bonchev–Trinajstić information content (AvgIpc) is 2.38.